The number of alkyl halides is 3. The standard InChI is InChI=1S/C10H19F3N2/c11-10(12,13)8-2-4-9(5-3-8)15-7-1-6-14/h8-9,15H,1-7,14H2. The molecule has 0 aromatic heterocycles. The molecule has 0 aromatic rings. The van der Waals surface area contributed by atoms with Gasteiger partial charge in [-0.05, 0) is 45.2 Å². The minimum atomic E-state index is -4.00. The van der Waals surface area contributed by atoms with E-state index in [9.17, 15) is 13.2 Å². The van der Waals surface area contributed by atoms with E-state index in [1.165, 1.54) is 0 Å². The van der Waals surface area contributed by atoms with Crippen LogP contribution in [0.3, 0.4) is 0 Å². The molecule has 0 unspecified atom stereocenters. The molecule has 5 heteroatoms. The van der Waals surface area contributed by atoms with Gasteiger partial charge in [-0.15, -0.1) is 0 Å². The number of rotatable bonds is 4. The highest BCUT2D eigenvalue weighted by Crippen LogP contribution is 2.37. The fourth-order valence-corrected chi connectivity index (χ4v) is 2.03. The zero-order chi connectivity index (χ0) is 11.3. The molecule has 0 amide bonds. The normalized spacial score (nSPS) is 28.0. The van der Waals surface area contributed by atoms with Crippen LogP contribution in [-0.2, 0) is 0 Å². The fourth-order valence-electron chi connectivity index (χ4n) is 2.03. The second-order valence-electron chi connectivity index (χ2n) is 4.19. The molecule has 0 spiro atoms. The van der Waals surface area contributed by atoms with E-state index in [0.717, 1.165) is 13.0 Å². The molecule has 15 heavy (non-hydrogen) atoms. The van der Waals surface area contributed by atoms with Gasteiger partial charge in [-0.25, -0.2) is 0 Å². The second kappa shape index (κ2) is 5.70. The van der Waals surface area contributed by atoms with Gasteiger partial charge in [0.15, 0.2) is 0 Å². The Hall–Kier alpha value is -0.290. The first-order valence-electron chi connectivity index (χ1n) is 5.54. The van der Waals surface area contributed by atoms with E-state index in [1.54, 1.807) is 0 Å². The lowest BCUT2D eigenvalue weighted by Crippen LogP contribution is -2.37. The highest BCUT2D eigenvalue weighted by atomic mass is 19.4. The summed E-state index contributed by atoms with van der Waals surface area (Å²) in [7, 11) is 0. The number of nitrogens with two attached hydrogens (primary N) is 1. The third-order valence-electron chi connectivity index (χ3n) is 3.00. The summed E-state index contributed by atoms with van der Waals surface area (Å²) in [6.07, 6.45) is -1.31. The molecule has 0 atom stereocenters. The molecule has 0 aromatic carbocycles. The van der Waals surface area contributed by atoms with Crippen molar-refractivity contribution >= 4 is 0 Å². The van der Waals surface area contributed by atoms with Gasteiger partial charge >= 0.3 is 6.18 Å². The highest BCUT2D eigenvalue weighted by molar-refractivity contribution is 4.80. The molecule has 1 aliphatic rings. The van der Waals surface area contributed by atoms with Crippen LogP contribution in [0.5, 0.6) is 0 Å². The quantitative estimate of drug-likeness (QED) is 0.717. The molecule has 2 nitrogen and oxygen atoms in total. The molecule has 0 heterocycles. The van der Waals surface area contributed by atoms with Crippen molar-refractivity contribution in [1.82, 2.24) is 5.32 Å². The minimum absolute atomic E-state index is 0.259. The SMILES string of the molecule is NCCCNC1CCC(C(F)(F)F)CC1. The summed E-state index contributed by atoms with van der Waals surface area (Å²) >= 11 is 0. The molecule has 1 aliphatic carbocycles. The number of hydrogen-bond donors (Lipinski definition) is 2. The molecule has 90 valence electrons. The molecular weight excluding hydrogens is 205 g/mol. The Balaban J connectivity index is 2.18. The Kier molecular flexibility index (Phi) is 4.86. The topological polar surface area (TPSA) is 38.0 Å². The van der Waals surface area contributed by atoms with Gasteiger partial charge in [0.05, 0.1) is 5.92 Å². The van der Waals surface area contributed by atoms with Crippen molar-refractivity contribution in [2.45, 2.75) is 44.3 Å². The third kappa shape index (κ3) is 4.38. The Morgan fingerprint density at radius 3 is 2.20 bits per heavy atom. The van der Waals surface area contributed by atoms with Crippen molar-refractivity contribution in [3.05, 3.63) is 0 Å². The molecular formula is C10H19F3N2. The van der Waals surface area contributed by atoms with Crippen molar-refractivity contribution in [3.63, 3.8) is 0 Å². The summed E-state index contributed by atoms with van der Waals surface area (Å²) in [4.78, 5) is 0. The summed E-state index contributed by atoms with van der Waals surface area (Å²) in [5.74, 6) is -1.08. The van der Waals surface area contributed by atoms with Crippen molar-refractivity contribution < 1.29 is 13.2 Å². The largest absolute Gasteiger partial charge is 0.391 e. The summed E-state index contributed by atoms with van der Waals surface area (Å²) < 4.78 is 37.0. The number of halogens is 3. The average Bonchev–Trinajstić information content (AvgIpc) is 2.18. The van der Waals surface area contributed by atoms with Crippen molar-refractivity contribution in [3.8, 4) is 0 Å². The van der Waals surface area contributed by atoms with Crippen LogP contribution < -0.4 is 11.1 Å². The molecule has 1 rings (SSSR count). The minimum Gasteiger partial charge on any atom is -0.330 e. The first kappa shape index (κ1) is 12.8. The Labute approximate surface area is 88.4 Å². The molecule has 0 aliphatic heterocycles. The Bertz CT molecular complexity index is 174. The van der Waals surface area contributed by atoms with Gasteiger partial charge in [0.1, 0.15) is 0 Å². The maximum Gasteiger partial charge on any atom is 0.391 e. The Morgan fingerprint density at radius 1 is 1.13 bits per heavy atom. The second-order valence-corrected chi connectivity index (χ2v) is 4.19. The van der Waals surface area contributed by atoms with Crippen molar-refractivity contribution in [2.24, 2.45) is 11.7 Å². The maximum absolute atomic E-state index is 12.3. The highest BCUT2D eigenvalue weighted by Gasteiger charge is 2.41. The summed E-state index contributed by atoms with van der Waals surface area (Å²) in [6, 6.07) is 0.259. The zero-order valence-corrected chi connectivity index (χ0v) is 8.82. The van der Waals surface area contributed by atoms with Crippen LogP contribution in [0.15, 0.2) is 0 Å². The van der Waals surface area contributed by atoms with Crippen LogP contribution in [0.4, 0.5) is 13.2 Å². The van der Waals surface area contributed by atoms with Gasteiger partial charge in [0.2, 0.25) is 0 Å². The summed E-state index contributed by atoms with van der Waals surface area (Å²) in [6.45, 7) is 1.45. The lowest BCUT2D eigenvalue weighted by molar-refractivity contribution is -0.182. The average molecular weight is 224 g/mol. The van der Waals surface area contributed by atoms with E-state index in [4.69, 9.17) is 5.73 Å². The lowest BCUT2D eigenvalue weighted by atomic mass is 9.85. The summed E-state index contributed by atoms with van der Waals surface area (Å²) in [5, 5.41) is 3.25. The number of hydrogen-bond acceptors (Lipinski definition) is 2. The van der Waals surface area contributed by atoms with Crippen molar-refractivity contribution in [2.75, 3.05) is 13.1 Å². The van der Waals surface area contributed by atoms with E-state index in [-0.39, 0.29) is 18.9 Å². The third-order valence-corrected chi connectivity index (χ3v) is 3.00. The lowest BCUT2D eigenvalue weighted by Gasteiger charge is -2.30. The first-order valence-corrected chi connectivity index (χ1v) is 5.54. The zero-order valence-electron chi connectivity index (χ0n) is 8.82. The maximum atomic E-state index is 12.3. The van der Waals surface area contributed by atoms with E-state index in [0.29, 0.717) is 19.4 Å². The molecule has 3 N–H and O–H groups in total. The van der Waals surface area contributed by atoms with Gasteiger partial charge in [0, 0.05) is 6.04 Å². The van der Waals surface area contributed by atoms with Gasteiger partial charge < -0.3 is 11.1 Å². The smallest absolute Gasteiger partial charge is 0.330 e. The van der Waals surface area contributed by atoms with E-state index < -0.39 is 12.1 Å². The predicted octanol–water partition coefficient (Wildman–Crippen LogP) is 2.05. The predicted molar refractivity (Wildman–Crippen MR) is 53.5 cm³/mol. The summed E-state index contributed by atoms with van der Waals surface area (Å²) in [5.41, 5.74) is 5.33. The van der Waals surface area contributed by atoms with E-state index >= 15 is 0 Å². The molecule has 0 radical (unpaired) electrons. The van der Waals surface area contributed by atoms with Gasteiger partial charge in [-0.3, -0.25) is 0 Å². The number of nitrogens with one attached hydrogen (secondary N) is 1. The van der Waals surface area contributed by atoms with Crippen LogP contribution >= 0.6 is 0 Å². The Morgan fingerprint density at radius 2 is 1.73 bits per heavy atom. The molecule has 0 saturated heterocycles. The van der Waals surface area contributed by atoms with Crippen LogP contribution in [0, 0.1) is 5.92 Å². The monoisotopic (exact) mass is 224 g/mol. The van der Waals surface area contributed by atoms with Gasteiger partial charge in [-0.1, -0.05) is 0 Å². The van der Waals surface area contributed by atoms with Gasteiger partial charge in [-0.2, -0.15) is 13.2 Å². The molecule has 0 bridgehead atoms. The van der Waals surface area contributed by atoms with Crippen LogP contribution in [0.25, 0.3) is 0 Å². The van der Waals surface area contributed by atoms with Gasteiger partial charge in [0.25, 0.3) is 0 Å². The van der Waals surface area contributed by atoms with Crippen LogP contribution in [-0.4, -0.2) is 25.3 Å². The van der Waals surface area contributed by atoms with E-state index in [2.05, 4.69) is 5.32 Å². The fraction of sp³-hybridized carbons (Fsp3) is 1.00. The first-order chi connectivity index (χ1) is 7.04. The molecule has 1 fully saturated rings. The van der Waals surface area contributed by atoms with Crippen molar-refractivity contribution in [1.29, 1.82) is 0 Å². The van der Waals surface area contributed by atoms with E-state index in [1.807, 2.05) is 0 Å². The van der Waals surface area contributed by atoms with Crippen LogP contribution in [0.2, 0.25) is 0 Å². The van der Waals surface area contributed by atoms with Crippen LogP contribution in [0.1, 0.15) is 32.1 Å². The molecule has 1 saturated carbocycles.